The largest absolute Gasteiger partial charge is 0.352 e. The van der Waals surface area contributed by atoms with Gasteiger partial charge in [-0.1, -0.05) is 0 Å². The summed E-state index contributed by atoms with van der Waals surface area (Å²) in [5.74, 6) is 6.29. The van der Waals surface area contributed by atoms with Gasteiger partial charge in [0.05, 0.1) is 11.6 Å². The Morgan fingerprint density at radius 2 is 2.00 bits per heavy atom. The van der Waals surface area contributed by atoms with Crippen LogP contribution in [0.3, 0.4) is 0 Å². The zero-order chi connectivity index (χ0) is 14.4. The van der Waals surface area contributed by atoms with E-state index in [2.05, 4.69) is 5.32 Å². The average molecular weight is 272 g/mol. The molecule has 5 heteroatoms. The van der Waals surface area contributed by atoms with E-state index in [1.165, 1.54) is 0 Å². The molecule has 1 amide bonds. The Morgan fingerprint density at radius 1 is 1.35 bits per heavy atom. The van der Waals surface area contributed by atoms with E-state index >= 15 is 0 Å². The minimum atomic E-state index is -0.0780. The maximum Gasteiger partial charge on any atom is 0.251 e. The number of carbonyl (C=O) groups excluding carboxylic acids is 1. The SMILES string of the molecule is N#Cc1ccc(C(=O)NCCC2CCN(N)CC2)cc1. The van der Waals surface area contributed by atoms with Gasteiger partial charge in [-0.25, -0.2) is 5.01 Å². The van der Waals surface area contributed by atoms with Gasteiger partial charge in [-0.2, -0.15) is 5.26 Å². The van der Waals surface area contributed by atoms with Crippen molar-refractivity contribution in [3.8, 4) is 6.07 Å². The molecule has 1 fully saturated rings. The number of nitrogens with two attached hydrogens (primary N) is 1. The van der Waals surface area contributed by atoms with Crippen molar-refractivity contribution >= 4 is 5.91 Å². The maximum absolute atomic E-state index is 11.9. The molecule has 1 saturated heterocycles. The number of hydrogen-bond donors (Lipinski definition) is 2. The Hall–Kier alpha value is -1.90. The molecule has 1 aromatic carbocycles. The summed E-state index contributed by atoms with van der Waals surface area (Å²) >= 11 is 0. The van der Waals surface area contributed by atoms with Crippen molar-refractivity contribution in [2.24, 2.45) is 11.8 Å². The summed E-state index contributed by atoms with van der Waals surface area (Å²) in [5.41, 5.74) is 1.16. The molecule has 3 N–H and O–H groups in total. The van der Waals surface area contributed by atoms with Crippen molar-refractivity contribution in [1.82, 2.24) is 10.3 Å². The molecule has 5 nitrogen and oxygen atoms in total. The second-order valence-corrected chi connectivity index (χ2v) is 5.21. The van der Waals surface area contributed by atoms with Crippen LogP contribution in [0.1, 0.15) is 35.2 Å². The molecule has 0 bridgehead atoms. The lowest BCUT2D eigenvalue weighted by Gasteiger charge is -2.28. The second-order valence-electron chi connectivity index (χ2n) is 5.21. The summed E-state index contributed by atoms with van der Waals surface area (Å²) in [6.07, 6.45) is 3.20. The Kier molecular flexibility index (Phi) is 5.10. The van der Waals surface area contributed by atoms with Crippen molar-refractivity contribution in [2.45, 2.75) is 19.3 Å². The van der Waals surface area contributed by atoms with Gasteiger partial charge in [0.25, 0.3) is 5.91 Å². The van der Waals surface area contributed by atoms with E-state index in [9.17, 15) is 4.79 Å². The molecule has 0 spiro atoms. The number of rotatable bonds is 4. The topological polar surface area (TPSA) is 82.2 Å². The van der Waals surface area contributed by atoms with Gasteiger partial charge in [-0.15, -0.1) is 0 Å². The molecular formula is C15H20N4O. The molecule has 0 saturated carbocycles. The molecule has 106 valence electrons. The molecule has 1 aliphatic heterocycles. The predicted molar refractivity (Wildman–Crippen MR) is 76.6 cm³/mol. The van der Waals surface area contributed by atoms with Gasteiger partial charge >= 0.3 is 0 Å². The lowest BCUT2D eigenvalue weighted by atomic mass is 9.94. The number of amides is 1. The molecule has 0 atom stereocenters. The van der Waals surface area contributed by atoms with Crippen LogP contribution in [0, 0.1) is 17.2 Å². The van der Waals surface area contributed by atoms with E-state index in [4.69, 9.17) is 11.1 Å². The third kappa shape index (κ3) is 4.05. The van der Waals surface area contributed by atoms with Crippen LogP contribution < -0.4 is 11.2 Å². The first-order valence-corrected chi connectivity index (χ1v) is 6.97. The van der Waals surface area contributed by atoms with E-state index in [1.807, 2.05) is 11.1 Å². The number of piperidine rings is 1. The normalized spacial score (nSPS) is 16.6. The molecule has 0 aliphatic carbocycles. The molecule has 0 aromatic heterocycles. The summed E-state index contributed by atoms with van der Waals surface area (Å²) < 4.78 is 0. The Balaban J connectivity index is 1.73. The number of carbonyl (C=O) groups is 1. The number of hydrazine groups is 1. The van der Waals surface area contributed by atoms with Gasteiger partial charge in [0.1, 0.15) is 0 Å². The van der Waals surface area contributed by atoms with E-state index in [0.717, 1.165) is 32.4 Å². The van der Waals surface area contributed by atoms with Crippen molar-refractivity contribution in [2.75, 3.05) is 19.6 Å². The lowest BCUT2D eigenvalue weighted by molar-refractivity contribution is 0.0948. The van der Waals surface area contributed by atoms with Gasteiger partial charge in [-0.3, -0.25) is 10.6 Å². The number of hydrogen-bond acceptors (Lipinski definition) is 4. The summed E-state index contributed by atoms with van der Waals surface area (Å²) in [4.78, 5) is 11.9. The average Bonchev–Trinajstić information content (AvgIpc) is 2.49. The predicted octanol–water partition coefficient (Wildman–Crippen LogP) is 1.26. The van der Waals surface area contributed by atoms with Crippen molar-refractivity contribution in [3.05, 3.63) is 35.4 Å². The standard InChI is InChI=1S/C15H20N4O/c16-11-13-1-3-14(4-2-13)15(20)18-8-5-12-6-9-19(17)10-7-12/h1-4,12H,5-10,17H2,(H,18,20). The molecule has 2 rings (SSSR count). The highest BCUT2D eigenvalue weighted by Gasteiger charge is 2.16. The minimum Gasteiger partial charge on any atom is -0.352 e. The van der Waals surface area contributed by atoms with Crippen LogP contribution in [0.4, 0.5) is 0 Å². The molecule has 0 radical (unpaired) electrons. The number of nitrogens with zero attached hydrogens (tertiary/aromatic N) is 2. The fraction of sp³-hybridized carbons (Fsp3) is 0.467. The van der Waals surface area contributed by atoms with Crippen LogP contribution in [0.25, 0.3) is 0 Å². The molecule has 1 heterocycles. The van der Waals surface area contributed by atoms with Crippen LogP contribution in [0.5, 0.6) is 0 Å². The highest BCUT2D eigenvalue weighted by molar-refractivity contribution is 5.94. The fourth-order valence-electron chi connectivity index (χ4n) is 2.43. The Bertz CT molecular complexity index is 484. The van der Waals surface area contributed by atoms with Gasteiger partial charge in [0.15, 0.2) is 0 Å². The molecule has 0 unspecified atom stereocenters. The van der Waals surface area contributed by atoms with Gasteiger partial charge in [0, 0.05) is 25.2 Å². The van der Waals surface area contributed by atoms with Crippen molar-refractivity contribution in [3.63, 3.8) is 0 Å². The zero-order valence-electron chi connectivity index (χ0n) is 11.5. The number of nitrogens with one attached hydrogen (secondary N) is 1. The zero-order valence-corrected chi connectivity index (χ0v) is 11.5. The van der Waals surface area contributed by atoms with Gasteiger partial charge in [-0.05, 0) is 49.4 Å². The van der Waals surface area contributed by atoms with E-state index in [1.54, 1.807) is 24.3 Å². The first-order chi connectivity index (χ1) is 9.69. The quantitative estimate of drug-likeness (QED) is 0.808. The minimum absolute atomic E-state index is 0.0780. The Labute approximate surface area is 119 Å². The summed E-state index contributed by atoms with van der Waals surface area (Å²) in [7, 11) is 0. The van der Waals surface area contributed by atoms with Gasteiger partial charge < -0.3 is 5.32 Å². The maximum atomic E-state index is 11.9. The van der Waals surface area contributed by atoms with E-state index in [0.29, 0.717) is 23.6 Å². The van der Waals surface area contributed by atoms with Crippen molar-refractivity contribution < 1.29 is 4.79 Å². The van der Waals surface area contributed by atoms with Gasteiger partial charge in [0.2, 0.25) is 0 Å². The first kappa shape index (κ1) is 14.5. The Morgan fingerprint density at radius 3 is 2.60 bits per heavy atom. The highest BCUT2D eigenvalue weighted by Crippen LogP contribution is 2.17. The fourth-order valence-corrected chi connectivity index (χ4v) is 2.43. The van der Waals surface area contributed by atoms with Crippen LogP contribution in [-0.4, -0.2) is 30.6 Å². The number of nitriles is 1. The second kappa shape index (κ2) is 7.04. The van der Waals surface area contributed by atoms with Crippen LogP contribution in [-0.2, 0) is 0 Å². The first-order valence-electron chi connectivity index (χ1n) is 6.97. The summed E-state index contributed by atoms with van der Waals surface area (Å²) in [5, 5.41) is 13.5. The monoisotopic (exact) mass is 272 g/mol. The van der Waals surface area contributed by atoms with Crippen LogP contribution in [0.2, 0.25) is 0 Å². The van der Waals surface area contributed by atoms with Crippen LogP contribution >= 0.6 is 0 Å². The third-order valence-corrected chi connectivity index (χ3v) is 3.76. The molecular weight excluding hydrogens is 252 g/mol. The van der Waals surface area contributed by atoms with Crippen molar-refractivity contribution in [1.29, 1.82) is 5.26 Å². The van der Waals surface area contributed by atoms with E-state index in [-0.39, 0.29) is 5.91 Å². The molecule has 20 heavy (non-hydrogen) atoms. The molecule has 1 aromatic rings. The number of benzene rings is 1. The smallest absolute Gasteiger partial charge is 0.251 e. The molecule has 1 aliphatic rings. The van der Waals surface area contributed by atoms with E-state index < -0.39 is 0 Å². The third-order valence-electron chi connectivity index (χ3n) is 3.76. The lowest BCUT2D eigenvalue weighted by Crippen LogP contribution is -2.39. The summed E-state index contributed by atoms with van der Waals surface area (Å²) in [6, 6.07) is 8.72. The van der Waals surface area contributed by atoms with Crippen LogP contribution in [0.15, 0.2) is 24.3 Å². The highest BCUT2D eigenvalue weighted by atomic mass is 16.1. The summed E-state index contributed by atoms with van der Waals surface area (Å²) in [6.45, 7) is 2.57.